The lowest BCUT2D eigenvalue weighted by molar-refractivity contribution is 0.313. The highest BCUT2D eigenvalue weighted by Crippen LogP contribution is 2.32. The molecule has 0 saturated carbocycles. The van der Waals surface area contributed by atoms with Gasteiger partial charge in [-0.3, -0.25) is 10.1 Å². The molecule has 1 fully saturated rings. The Labute approximate surface area is 231 Å². The molecule has 9 heteroatoms. The number of hydrogen-bond acceptors (Lipinski definition) is 7. The maximum Gasteiger partial charge on any atom is 0.161 e. The van der Waals surface area contributed by atoms with Crippen LogP contribution in [-0.4, -0.2) is 68.3 Å². The first-order valence-corrected chi connectivity index (χ1v) is 13.4. The molecule has 6 aromatic rings. The van der Waals surface area contributed by atoms with E-state index in [1.165, 1.54) is 0 Å². The number of rotatable bonds is 6. The largest absolute Gasteiger partial charge is 0.367 e. The fraction of sp³-hybridized carbons (Fsp3) is 0.161. The summed E-state index contributed by atoms with van der Waals surface area (Å²) in [5.74, 6) is 0.695. The summed E-state index contributed by atoms with van der Waals surface area (Å²) in [5.41, 5.74) is 9.74. The van der Waals surface area contributed by atoms with Crippen molar-refractivity contribution in [2.24, 2.45) is 0 Å². The van der Waals surface area contributed by atoms with Gasteiger partial charge < -0.3 is 20.1 Å². The van der Waals surface area contributed by atoms with Crippen molar-refractivity contribution in [3.05, 3.63) is 91.3 Å². The van der Waals surface area contributed by atoms with Gasteiger partial charge in [-0.15, -0.1) is 0 Å². The third kappa shape index (κ3) is 4.46. The maximum atomic E-state index is 5.01. The number of para-hydroxylation sites is 1. The van der Waals surface area contributed by atoms with Gasteiger partial charge in [0.2, 0.25) is 0 Å². The quantitative estimate of drug-likeness (QED) is 0.267. The molecule has 0 aliphatic carbocycles. The Hall–Kier alpha value is -5.02. The van der Waals surface area contributed by atoms with E-state index in [9.17, 15) is 0 Å². The van der Waals surface area contributed by atoms with Crippen molar-refractivity contribution in [2.45, 2.75) is 0 Å². The van der Waals surface area contributed by atoms with Crippen LogP contribution in [0.3, 0.4) is 0 Å². The molecule has 3 N–H and O–H groups in total. The average molecular weight is 528 g/mol. The number of likely N-dealkylation sites (N-methyl/N-ethyl adjacent to an activating group) is 1. The molecule has 2 aromatic carbocycles. The predicted molar refractivity (Wildman–Crippen MR) is 161 cm³/mol. The van der Waals surface area contributed by atoms with E-state index < -0.39 is 0 Å². The number of anilines is 2. The van der Waals surface area contributed by atoms with Crippen LogP contribution in [0.5, 0.6) is 0 Å². The average Bonchev–Trinajstić information content (AvgIpc) is 3.62. The van der Waals surface area contributed by atoms with E-state index in [2.05, 4.69) is 67.1 Å². The molecule has 0 spiro atoms. The van der Waals surface area contributed by atoms with Gasteiger partial charge in [-0.05, 0) is 42.9 Å². The van der Waals surface area contributed by atoms with Crippen LogP contribution in [-0.2, 0) is 0 Å². The first kappa shape index (κ1) is 24.1. The summed E-state index contributed by atoms with van der Waals surface area (Å²) >= 11 is 0. The Morgan fingerprint density at radius 1 is 0.875 bits per heavy atom. The molecule has 1 aliphatic rings. The van der Waals surface area contributed by atoms with Crippen molar-refractivity contribution in [1.82, 2.24) is 35.0 Å². The van der Waals surface area contributed by atoms with Gasteiger partial charge in [-0.25, -0.2) is 9.97 Å². The van der Waals surface area contributed by atoms with Crippen molar-refractivity contribution in [3.8, 4) is 22.8 Å². The topological polar surface area (TPSA) is 102 Å². The summed E-state index contributed by atoms with van der Waals surface area (Å²) in [5, 5.41) is 11.1. The Morgan fingerprint density at radius 3 is 2.58 bits per heavy atom. The van der Waals surface area contributed by atoms with E-state index in [0.717, 1.165) is 82.1 Å². The van der Waals surface area contributed by atoms with Gasteiger partial charge in [0.1, 0.15) is 11.0 Å². The molecule has 4 aromatic heterocycles. The molecule has 1 saturated heterocycles. The lowest BCUT2D eigenvalue weighted by Crippen LogP contribution is -2.44. The third-order valence-electron chi connectivity index (χ3n) is 7.42. The zero-order valence-electron chi connectivity index (χ0n) is 22.2. The van der Waals surface area contributed by atoms with Gasteiger partial charge >= 0.3 is 0 Å². The van der Waals surface area contributed by atoms with Gasteiger partial charge in [-0.2, -0.15) is 5.10 Å². The second kappa shape index (κ2) is 9.94. The Morgan fingerprint density at radius 2 is 1.73 bits per heavy atom. The van der Waals surface area contributed by atoms with E-state index in [0.29, 0.717) is 11.5 Å². The molecule has 40 heavy (non-hydrogen) atoms. The number of benzene rings is 2. The zero-order valence-corrected chi connectivity index (χ0v) is 22.2. The summed E-state index contributed by atoms with van der Waals surface area (Å²) in [6.45, 7) is 8.21. The fourth-order valence-corrected chi connectivity index (χ4v) is 5.19. The second-order valence-corrected chi connectivity index (χ2v) is 10.1. The van der Waals surface area contributed by atoms with Gasteiger partial charge in [0, 0.05) is 43.6 Å². The summed E-state index contributed by atoms with van der Waals surface area (Å²) in [7, 11) is 2.17. The van der Waals surface area contributed by atoms with Crippen LogP contribution in [0.4, 0.5) is 11.4 Å². The number of pyridine rings is 2. The highest BCUT2D eigenvalue weighted by Gasteiger charge is 2.20. The minimum absolute atomic E-state index is 0.692. The molecular weight excluding hydrogens is 498 g/mol. The first-order chi connectivity index (χ1) is 19.6. The van der Waals surface area contributed by atoms with E-state index >= 15 is 0 Å². The number of hydrogen-bond donors (Lipinski definition) is 3. The molecule has 0 radical (unpaired) electrons. The number of piperazine rings is 1. The molecule has 5 heterocycles. The van der Waals surface area contributed by atoms with Crippen molar-refractivity contribution in [1.29, 1.82) is 0 Å². The second-order valence-electron chi connectivity index (χ2n) is 10.1. The lowest BCUT2D eigenvalue weighted by atomic mass is 10.1. The molecule has 9 nitrogen and oxygen atoms in total. The summed E-state index contributed by atoms with van der Waals surface area (Å²) in [6.07, 6.45) is 3.60. The van der Waals surface area contributed by atoms with Crippen LogP contribution in [0.25, 0.3) is 50.5 Å². The van der Waals surface area contributed by atoms with E-state index in [-0.39, 0.29) is 0 Å². The molecule has 0 atom stereocenters. The predicted octanol–water partition coefficient (Wildman–Crippen LogP) is 5.40. The van der Waals surface area contributed by atoms with Crippen molar-refractivity contribution in [2.75, 3.05) is 43.4 Å². The van der Waals surface area contributed by atoms with Crippen LogP contribution in [0.2, 0.25) is 0 Å². The summed E-state index contributed by atoms with van der Waals surface area (Å²) in [4.78, 5) is 22.7. The zero-order chi connectivity index (χ0) is 27.1. The van der Waals surface area contributed by atoms with E-state index in [4.69, 9.17) is 9.97 Å². The van der Waals surface area contributed by atoms with Gasteiger partial charge in [0.25, 0.3) is 0 Å². The monoisotopic (exact) mass is 527 g/mol. The molecule has 7 rings (SSSR count). The first-order valence-electron chi connectivity index (χ1n) is 13.4. The van der Waals surface area contributed by atoms with Crippen molar-refractivity contribution < 1.29 is 0 Å². The van der Waals surface area contributed by atoms with E-state index in [1.54, 1.807) is 6.20 Å². The van der Waals surface area contributed by atoms with Crippen LogP contribution in [0.1, 0.15) is 5.56 Å². The highest BCUT2D eigenvalue weighted by molar-refractivity contribution is 5.95. The Balaban J connectivity index is 1.21. The molecule has 0 unspecified atom stereocenters. The number of aromatic nitrogens is 6. The van der Waals surface area contributed by atoms with E-state index in [1.807, 2.05) is 54.7 Å². The van der Waals surface area contributed by atoms with Crippen LogP contribution in [0.15, 0.2) is 85.7 Å². The van der Waals surface area contributed by atoms with Crippen molar-refractivity contribution in [3.63, 3.8) is 0 Å². The Kier molecular flexibility index (Phi) is 5.98. The summed E-state index contributed by atoms with van der Waals surface area (Å²) < 4.78 is 0. The lowest BCUT2D eigenvalue weighted by Gasteiger charge is -2.34. The summed E-state index contributed by atoms with van der Waals surface area (Å²) in [6, 6.07) is 22.3. The number of H-pyrrole nitrogens is 2. The van der Waals surface area contributed by atoms with Gasteiger partial charge in [0.05, 0.1) is 34.3 Å². The molecule has 0 bridgehead atoms. The van der Waals surface area contributed by atoms with Gasteiger partial charge in [0.15, 0.2) is 11.5 Å². The minimum atomic E-state index is 0.692. The highest BCUT2D eigenvalue weighted by atomic mass is 15.3. The van der Waals surface area contributed by atoms with Crippen LogP contribution < -0.4 is 10.2 Å². The number of nitrogens with zero attached hydrogens (tertiary/aromatic N) is 6. The number of fused-ring (bicyclic) bond motifs is 2. The molecule has 1 aliphatic heterocycles. The fourth-order valence-electron chi connectivity index (χ4n) is 5.19. The Bertz CT molecular complexity index is 1830. The standard InChI is InChI=1S/C31H29N9/c1-20(21-7-4-3-5-8-21)33-23-17-22(18-32-19-23)24-11-12-26-29(34-24)30(38-37-26)31-35-25-9-6-10-27(28(25)36-31)40-15-13-39(2)14-16-40/h3-12,17-19,33H,1,13-16H2,2H3,(H,35,36)(H,37,38). The molecular formula is C31H29N9. The SMILES string of the molecule is C=C(Nc1cncc(-c2ccc3[nH]nc(-c4nc5c(N6CCN(C)CC6)cccc5[nH]4)c3n2)c1)c1ccccc1. The number of aromatic amines is 2. The number of imidazole rings is 1. The van der Waals surface area contributed by atoms with Crippen LogP contribution in [0, 0.1) is 0 Å². The smallest absolute Gasteiger partial charge is 0.161 e. The van der Waals surface area contributed by atoms with Gasteiger partial charge in [-0.1, -0.05) is 43.0 Å². The normalized spacial score (nSPS) is 14.2. The van der Waals surface area contributed by atoms with Crippen molar-refractivity contribution >= 4 is 39.1 Å². The molecule has 198 valence electrons. The maximum absolute atomic E-state index is 5.01. The van der Waals surface area contributed by atoms with Crippen LogP contribution >= 0.6 is 0 Å². The minimum Gasteiger partial charge on any atom is -0.367 e. The third-order valence-corrected chi connectivity index (χ3v) is 7.42. The number of nitrogens with one attached hydrogen (secondary N) is 3. The molecule has 0 amide bonds.